The summed E-state index contributed by atoms with van der Waals surface area (Å²) in [4.78, 5) is 28.4. The van der Waals surface area contributed by atoms with E-state index < -0.39 is 0 Å². The SMILES string of the molecule is Cc1ccc(NC(=O)c2cccc(C(=O)NC(C)C)n2)cc1C. The van der Waals surface area contributed by atoms with Crippen LogP contribution in [0.15, 0.2) is 36.4 Å². The van der Waals surface area contributed by atoms with Crippen molar-refractivity contribution in [3.8, 4) is 0 Å². The molecule has 5 nitrogen and oxygen atoms in total. The van der Waals surface area contributed by atoms with Gasteiger partial charge >= 0.3 is 0 Å². The number of nitrogens with one attached hydrogen (secondary N) is 2. The number of aryl methyl sites for hydroxylation is 2. The Kier molecular flexibility index (Phi) is 5.11. The predicted molar refractivity (Wildman–Crippen MR) is 90.7 cm³/mol. The molecule has 0 saturated carbocycles. The van der Waals surface area contributed by atoms with Crippen LogP contribution in [0.1, 0.15) is 46.0 Å². The third kappa shape index (κ3) is 4.39. The van der Waals surface area contributed by atoms with E-state index in [-0.39, 0.29) is 29.2 Å². The molecule has 120 valence electrons. The van der Waals surface area contributed by atoms with E-state index in [2.05, 4.69) is 15.6 Å². The van der Waals surface area contributed by atoms with Crippen LogP contribution >= 0.6 is 0 Å². The van der Waals surface area contributed by atoms with Crippen molar-refractivity contribution < 1.29 is 9.59 Å². The molecule has 1 aromatic carbocycles. The highest BCUT2D eigenvalue weighted by atomic mass is 16.2. The van der Waals surface area contributed by atoms with Crippen LogP contribution in [0.4, 0.5) is 5.69 Å². The number of carbonyl (C=O) groups excluding carboxylic acids is 2. The molecular formula is C18H21N3O2. The van der Waals surface area contributed by atoms with E-state index in [0.717, 1.165) is 11.1 Å². The fraction of sp³-hybridized carbons (Fsp3) is 0.278. The Morgan fingerprint density at radius 1 is 0.957 bits per heavy atom. The molecule has 0 aliphatic rings. The standard InChI is InChI=1S/C18H21N3O2/c1-11(2)19-17(22)15-6-5-7-16(21-15)18(23)20-14-9-8-12(3)13(4)10-14/h5-11H,1-4H3,(H,19,22)(H,20,23). The molecule has 2 amide bonds. The Balaban J connectivity index is 2.16. The third-order valence-electron chi connectivity index (χ3n) is 3.40. The highest BCUT2D eigenvalue weighted by Gasteiger charge is 2.13. The van der Waals surface area contributed by atoms with Gasteiger partial charge in [0, 0.05) is 11.7 Å². The van der Waals surface area contributed by atoms with Crippen LogP contribution in [0.5, 0.6) is 0 Å². The number of pyridine rings is 1. The summed E-state index contributed by atoms with van der Waals surface area (Å²) in [7, 11) is 0. The fourth-order valence-electron chi connectivity index (χ4n) is 2.04. The third-order valence-corrected chi connectivity index (χ3v) is 3.40. The summed E-state index contributed by atoms with van der Waals surface area (Å²) in [5.74, 6) is -0.631. The summed E-state index contributed by atoms with van der Waals surface area (Å²) in [6, 6.07) is 10.5. The summed E-state index contributed by atoms with van der Waals surface area (Å²) in [6.45, 7) is 7.74. The van der Waals surface area contributed by atoms with Gasteiger partial charge in [-0.25, -0.2) is 4.98 Å². The van der Waals surface area contributed by atoms with Gasteiger partial charge in [-0.05, 0) is 63.1 Å². The van der Waals surface area contributed by atoms with Crippen LogP contribution in [0.25, 0.3) is 0 Å². The zero-order valence-corrected chi connectivity index (χ0v) is 13.8. The lowest BCUT2D eigenvalue weighted by atomic mass is 10.1. The highest BCUT2D eigenvalue weighted by molar-refractivity contribution is 6.03. The van der Waals surface area contributed by atoms with Gasteiger partial charge < -0.3 is 10.6 Å². The van der Waals surface area contributed by atoms with E-state index in [1.807, 2.05) is 45.9 Å². The molecule has 0 saturated heterocycles. The molecule has 0 bridgehead atoms. The van der Waals surface area contributed by atoms with Crippen molar-refractivity contribution >= 4 is 17.5 Å². The van der Waals surface area contributed by atoms with Crippen molar-refractivity contribution in [1.29, 1.82) is 0 Å². The second-order valence-corrected chi connectivity index (χ2v) is 5.79. The molecule has 2 N–H and O–H groups in total. The zero-order valence-electron chi connectivity index (χ0n) is 13.8. The molecule has 0 radical (unpaired) electrons. The Bertz CT molecular complexity index is 739. The maximum Gasteiger partial charge on any atom is 0.274 e. The fourth-order valence-corrected chi connectivity index (χ4v) is 2.04. The molecule has 0 fully saturated rings. The minimum Gasteiger partial charge on any atom is -0.349 e. The number of hydrogen-bond donors (Lipinski definition) is 2. The second kappa shape index (κ2) is 7.05. The monoisotopic (exact) mass is 311 g/mol. The Morgan fingerprint density at radius 2 is 1.61 bits per heavy atom. The zero-order chi connectivity index (χ0) is 17.0. The first-order valence-electron chi connectivity index (χ1n) is 7.53. The van der Waals surface area contributed by atoms with Crippen LogP contribution in [0.3, 0.4) is 0 Å². The normalized spacial score (nSPS) is 10.5. The molecule has 0 spiro atoms. The van der Waals surface area contributed by atoms with Crippen molar-refractivity contribution in [2.45, 2.75) is 33.7 Å². The van der Waals surface area contributed by atoms with Crippen molar-refractivity contribution in [3.63, 3.8) is 0 Å². The van der Waals surface area contributed by atoms with Gasteiger partial charge in [0.05, 0.1) is 0 Å². The molecule has 0 aliphatic heterocycles. The molecule has 23 heavy (non-hydrogen) atoms. The highest BCUT2D eigenvalue weighted by Crippen LogP contribution is 2.15. The average molecular weight is 311 g/mol. The van der Waals surface area contributed by atoms with Gasteiger partial charge in [-0.1, -0.05) is 12.1 Å². The summed E-state index contributed by atoms with van der Waals surface area (Å²) in [6.07, 6.45) is 0. The molecular weight excluding hydrogens is 290 g/mol. The van der Waals surface area contributed by atoms with E-state index >= 15 is 0 Å². The number of nitrogens with zero attached hydrogens (tertiary/aromatic N) is 1. The lowest BCUT2D eigenvalue weighted by molar-refractivity contribution is 0.0938. The van der Waals surface area contributed by atoms with Gasteiger partial charge in [0.15, 0.2) is 0 Å². The number of benzene rings is 1. The van der Waals surface area contributed by atoms with Crippen molar-refractivity contribution in [2.75, 3.05) is 5.32 Å². The van der Waals surface area contributed by atoms with Crippen LogP contribution < -0.4 is 10.6 Å². The van der Waals surface area contributed by atoms with Crippen molar-refractivity contribution in [3.05, 3.63) is 58.9 Å². The maximum absolute atomic E-state index is 12.3. The van der Waals surface area contributed by atoms with E-state index in [0.29, 0.717) is 5.69 Å². The lowest BCUT2D eigenvalue weighted by Gasteiger charge is -2.10. The number of amides is 2. The first-order valence-corrected chi connectivity index (χ1v) is 7.53. The van der Waals surface area contributed by atoms with Gasteiger partial charge in [-0.3, -0.25) is 9.59 Å². The number of rotatable bonds is 4. The molecule has 0 atom stereocenters. The molecule has 1 heterocycles. The molecule has 0 unspecified atom stereocenters. The van der Waals surface area contributed by atoms with Gasteiger partial charge in [0.25, 0.3) is 11.8 Å². The average Bonchev–Trinajstić information content (AvgIpc) is 2.50. The van der Waals surface area contributed by atoms with Crippen LogP contribution in [0, 0.1) is 13.8 Å². The Morgan fingerprint density at radius 3 is 2.22 bits per heavy atom. The van der Waals surface area contributed by atoms with E-state index in [4.69, 9.17) is 0 Å². The van der Waals surface area contributed by atoms with Crippen molar-refractivity contribution in [2.24, 2.45) is 0 Å². The smallest absolute Gasteiger partial charge is 0.274 e. The molecule has 5 heteroatoms. The van der Waals surface area contributed by atoms with Crippen LogP contribution in [-0.4, -0.2) is 22.8 Å². The molecule has 0 aliphatic carbocycles. The number of anilines is 1. The van der Waals surface area contributed by atoms with E-state index in [1.165, 1.54) is 0 Å². The number of carbonyl (C=O) groups is 2. The topological polar surface area (TPSA) is 71.1 Å². The lowest BCUT2D eigenvalue weighted by Crippen LogP contribution is -2.31. The van der Waals surface area contributed by atoms with Crippen molar-refractivity contribution in [1.82, 2.24) is 10.3 Å². The van der Waals surface area contributed by atoms with Gasteiger partial charge in [0.2, 0.25) is 0 Å². The molecule has 1 aromatic heterocycles. The largest absolute Gasteiger partial charge is 0.349 e. The van der Waals surface area contributed by atoms with Gasteiger partial charge in [-0.2, -0.15) is 0 Å². The van der Waals surface area contributed by atoms with Gasteiger partial charge in [0.1, 0.15) is 11.4 Å². The Labute approximate surface area is 136 Å². The van der Waals surface area contributed by atoms with Crippen LogP contribution in [0.2, 0.25) is 0 Å². The summed E-state index contributed by atoms with van der Waals surface area (Å²) < 4.78 is 0. The molecule has 2 aromatic rings. The second-order valence-electron chi connectivity index (χ2n) is 5.79. The van der Waals surface area contributed by atoms with Crippen LogP contribution in [-0.2, 0) is 0 Å². The first-order chi connectivity index (χ1) is 10.9. The molecule has 2 rings (SSSR count). The summed E-state index contributed by atoms with van der Waals surface area (Å²) in [5.41, 5.74) is 3.40. The summed E-state index contributed by atoms with van der Waals surface area (Å²) >= 11 is 0. The minimum atomic E-state index is -0.340. The van der Waals surface area contributed by atoms with E-state index in [9.17, 15) is 9.59 Å². The van der Waals surface area contributed by atoms with E-state index in [1.54, 1.807) is 18.2 Å². The Hall–Kier alpha value is -2.69. The predicted octanol–water partition coefficient (Wildman–Crippen LogP) is 3.09. The maximum atomic E-state index is 12.3. The quantitative estimate of drug-likeness (QED) is 0.911. The summed E-state index contributed by atoms with van der Waals surface area (Å²) in [5, 5.41) is 5.56. The first kappa shape index (κ1) is 16.7. The van der Waals surface area contributed by atoms with Gasteiger partial charge in [-0.15, -0.1) is 0 Å². The number of hydrogen-bond acceptors (Lipinski definition) is 3. The number of aromatic nitrogens is 1. The minimum absolute atomic E-state index is 0.0114.